The average molecular weight is 382 g/mol. The molecule has 3 atom stereocenters. The summed E-state index contributed by atoms with van der Waals surface area (Å²) in [6.07, 6.45) is -0.157. The van der Waals surface area contributed by atoms with Crippen LogP contribution < -0.4 is 21.3 Å². The van der Waals surface area contributed by atoms with Crippen molar-refractivity contribution >= 4 is 23.3 Å². The van der Waals surface area contributed by atoms with Gasteiger partial charge in [-0.15, -0.1) is 0 Å². The zero-order valence-electron chi connectivity index (χ0n) is 16.1. The van der Waals surface area contributed by atoms with E-state index in [2.05, 4.69) is 21.3 Å². The standard InChI is InChI=1S/C21H26N4O3/c1-14(23-20(26)19-15(2)28-13-12-22-19)16-8-10-18(11-9-16)25-21(27)24-17-6-4-3-5-7-17/h3-11,14-15,19,22H,12-13H2,1-2H3,(H,23,26)(H2,24,25,27)/t14?,15-,19+/m1/s1. The van der Waals surface area contributed by atoms with E-state index in [0.717, 1.165) is 11.3 Å². The molecule has 2 aromatic carbocycles. The molecule has 0 spiro atoms. The number of carbonyl (C=O) groups excluding carboxylic acids is 2. The molecule has 0 bridgehead atoms. The summed E-state index contributed by atoms with van der Waals surface area (Å²) in [4.78, 5) is 24.5. The smallest absolute Gasteiger partial charge is 0.323 e. The molecular formula is C21H26N4O3. The van der Waals surface area contributed by atoms with Crippen LogP contribution in [0.5, 0.6) is 0 Å². The molecule has 4 N–H and O–H groups in total. The van der Waals surface area contributed by atoms with E-state index in [-0.39, 0.29) is 30.1 Å². The SMILES string of the molecule is CC(NC(=O)[C@H]1NCCO[C@@H]1C)c1ccc(NC(=O)Nc2ccccc2)cc1. The zero-order chi connectivity index (χ0) is 19.9. The van der Waals surface area contributed by atoms with E-state index in [0.29, 0.717) is 18.8 Å². The number of ether oxygens (including phenoxy) is 1. The topological polar surface area (TPSA) is 91.5 Å². The van der Waals surface area contributed by atoms with Crippen LogP contribution in [-0.4, -0.2) is 37.2 Å². The van der Waals surface area contributed by atoms with Crippen molar-refractivity contribution in [1.82, 2.24) is 10.6 Å². The zero-order valence-corrected chi connectivity index (χ0v) is 16.1. The Morgan fingerprint density at radius 3 is 2.32 bits per heavy atom. The number of benzene rings is 2. The first-order valence-electron chi connectivity index (χ1n) is 9.41. The van der Waals surface area contributed by atoms with E-state index < -0.39 is 0 Å². The molecule has 1 aliphatic heterocycles. The van der Waals surface area contributed by atoms with Gasteiger partial charge in [0.15, 0.2) is 0 Å². The number of hydrogen-bond acceptors (Lipinski definition) is 4. The lowest BCUT2D eigenvalue weighted by Gasteiger charge is -2.30. The van der Waals surface area contributed by atoms with Crippen molar-refractivity contribution in [2.45, 2.75) is 32.0 Å². The molecule has 7 nitrogen and oxygen atoms in total. The monoisotopic (exact) mass is 382 g/mol. The van der Waals surface area contributed by atoms with Gasteiger partial charge in [0.2, 0.25) is 5.91 Å². The Kier molecular flexibility index (Phi) is 6.62. The number of hydrogen-bond donors (Lipinski definition) is 4. The maximum Gasteiger partial charge on any atom is 0.323 e. The van der Waals surface area contributed by atoms with Crippen LogP contribution >= 0.6 is 0 Å². The highest BCUT2D eigenvalue weighted by Crippen LogP contribution is 2.17. The first-order chi connectivity index (χ1) is 13.5. The molecular weight excluding hydrogens is 356 g/mol. The van der Waals surface area contributed by atoms with Crippen molar-refractivity contribution in [3.8, 4) is 0 Å². The van der Waals surface area contributed by atoms with E-state index in [1.165, 1.54) is 0 Å². The van der Waals surface area contributed by atoms with Gasteiger partial charge in [-0.25, -0.2) is 4.79 Å². The summed E-state index contributed by atoms with van der Waals surface area (Å²) in [5.41, 5.74) is 2.35. The summed E-state index contributed by atoms with van der Waals surface area (Å²) in [6, 6.07) is 15.8. The number of rotatable bonds is 5. The van der Waals surface area contributed by atoms with Crippen molar-refractivity contribution in [1.29, 1.82) is 0 Å². The summed E-state index contributed by atoms with van der Waals surface area (Å²) in [5.74, 6) is -0.0795. The summed E-state index contributed by atoms with van der Waals surface area (Å²) in [7, 11) is 0. The van der Waals surface area contributed by atoms with E-state index >= 15 is 0 Å². The molecule has 7 heteroatoms. The molecule has 1 aliphatic rings. The van der Waals surface area contributed by atoms with E-state index in [9.17, 15) is 9.59 Å². The normalized spacial score (nSPS) is 20.1. The first-order valence-corrected chi connectivity index (χ1v) is 9.41. The molecule has 0 saturated carbocycles. The third-order valence-electron chi connectivity index (χ3n) is 4.66. The Labute approximate surface area is 164 Å². The minimum absolute atomic E-state index is 0.0795. The molecule has 1 saturated heterocycles. The van der Waals surface area contributed by atoms with Gasteiger partial charge >= 0.3 is 6.03 Å². The second-order valence-corrected chi connectivity index (χ2v) is 6.81. The van der Waals surface area contributed by atoms with Gasteiger partial charge in [0.1, 0.15) is 6.04 Å². The van der Waals surface area contributed by atoms with Crippen molar-refractivity contribution in [3.05, 3.63) is 60.2 Å². The molecule has 0 radical (unpaired) electrons. The van der Waals surface area contributed by atoms with Crippen LogP contribution in [0.25, 0.3) is 0 Å². The first kappa shape index (κ1) is 19.9. The predicted octanol–water partition coefficient (Wildman–Crippen LogP) is 2.88. The second kappa shape index (κ2) is 9.34. The number of para-hydroxylation sites is 1. The lowest BCUT2D eigenvalue weighted by atomic mass is 10.1. The molecule has 28 heavy (non-hydrogen) atoms. The molecule has 3 amide bonds. The van der Waals surface area contributed by atoms with E-state index in [1.54, 1.807) is 0 Å². The maximum absolute atomic E-state index is 12.5. The Morgan fingerprint density at radius 2 is 1.68 bits per heavy atom. The Balaban J connectivity index is 1.53. The van der Waals surface area contributed by atoms with Crippen LogP contribution in [0, 0.1) is 0 Å². The maximum atomic E-state index is 12.5. The fourth-order valence-corrected chi connectivity index (χ4v) is 3.08. The Morgan fingerprint density at radius 1 is 1.04 bits per heavy atom. The average Bonchev–Trinajstić information content (AvgIpc) is 2.69. The van der Waals surface area contributed by atoms with Gasteiger partial charge in [-0.2, -0.15) is 0 Å². The molecule has 1 fully saturated rings. The number of morpholine rings is 1. The summed E-state index contributed by atoms with van der Waals surface area (Å²) in [5, 5.41) is 11.8. The number of amides is 3. The van der Waals surface area contributed by atoms with E-state index in [4.69, 9.17) is 4.74 Å². The number of anilines is 2. The highest BCUT2D eigenvalue weighted by atomic mass is 16.5. The van der Waals surface area contributed by atoms with Crippen molar-refractivity contribution in [2.24, 2.45) is 0 Å². The largest absolute Gasteiger partial charge is 0.375 e. The van der Waals surface area contributed by atoms with Gasteiger partial charge in [0.05, 0.1) is 18.8 Å². The van der Waals surface area contributed by atoms with Crippen LogP contribution in [0.4, 0.5) is 16.2 Å². The van der Waals surface area contributed by atoms with Crippen LogP contribution in [-0.2, 0) is 9.53 Å². The minimum atomic E-state index is -0.348. The van der Waals surface area contributed by atoms with Gasteiger partial charge in [-0.3, -0.25) is 4.79 Å². The molecule has 148 valence electrons. The summed E-state index contributed by atoms with van der Waals surface area (Å²) < 4.78 is 5.52. The van der Waals surface area contributed by atoms with Crippen LogP contribution in [0.3, 0.4) is 0 Å². The molecule has 1 unspecified atom stereocenters. The van der Waals surface area contributed by atoms with Crippen molar-refractivity contribution in [2.75, 3.05) is 23.8 Å². The van der Waals surface area contributed by atoms with Gasteiger partial charge in [-0.05, 0) is 43.7 Å². The molecule has 3 rings (SSSR count). The van der Waals surface area contributed by atoms with Gasteiger partial charge in [0, 0.05) is 17.9 Å². The molecule has 2 aromatic rings. The van der Waals surface area contributed by atoms with Crippen LogP contribution in [0.2, 0.25) is 0 Å². The van der Waals surface area contributed by atoms with Crippen molar-refractivity contribution in [3.63, 3.8) is 0 Å². The molecule has 0 aromatic heterocycles. The summed E-state index contributed by atoms with van der Waals surface area (Å²) in [6.45, 7) is 5.11. The van der Waals surface area contributed by atoms with Crippen LogP contribution in [0.1, 0.15) is 25.5 Å². The highest BCUT2D eigenvalue weighted by molar-refractivity contribution is 5.99. The molecule has 1 heterocycles. The number of carbonyl (C=O) groups is 2. The van der Waals surface area contributed by atoms with E-state index in [1.807, 2.05) is 68.4 Å². The fourth-order valence-electron chi connectivity index (χ4n) is 3.08. The lowest BCUT2D eigenvalue weighted by Crippen LogP contribution is -2.55. The third kappa shape index (κ3) is 5.31. The Bertz CT molecular complexity index is 795. The van der Waals surface area contributed by atoms with Gasteiger partial charge < -0.3 is 26.0 Å². The van der Waals surface area contributed by atoms with Crippen molar-refractivity contribution < 1.29 is 14.3 Å². The summed E-state index contributed by atoms with van der Waals surface area (Å²) >= 11 is 0. The van der Waals surface area contributed by atoms with Crippen LogP contribution in [0.15, 0.2) is 54.6 Å². The highest BCUT2D eigenvalue weighted by Gasteiger charge is 2.29. The lowest BCUT2D eigenvalue weighted by molar-refractivity contribution is -0.129. The van der Waals surface area contributed by atoms with Gasteiger partial charge in [-0.1, -0.05) is 30.3 Å². The quantitative estimate of drug-likeness (QED) is 0.640. The number of nitrogens with one attached hydrogen (secondary N) is 4. The Hall–Kier alpha value is -2.90. The minimum Gasteiger partial charge on any atom is -0.375 e. The number of urea groups is 1. The predicted molar refractivity (Wildman–Crippen MR) is 109 cm³/mol. The van der Waals surface area contributed by atoms with Gasteiger partial charge in [0.25, 0.3) is 0 Å². The second-order valence-electron chi connectivity index (χ2n) is 6.81. The molecule has 0 aliphatic carbocycles. The fraction of sp³-hybridized carbons (Fsp3) is 0.333. The third-order valence-corrected chi connectivity index (χ3v) is 4.66.